The van der Waals surface area contributed by atoms with Crippen molar-refractivity contribution in [2.75, 3.05) is 39.9 Å². The van der Waals surface area contributed by atoms with Crippen molar-refractivity contribution in [2.45, 2.75) is 45.3 Å². The highest BCUT2D eigenvalue weighted by Crippen LogP contribution is 2.35. The average Bonchev–Trinajstić information content (AvgIpc) is 3.68. The number of imidazole rings is 1. The third kappa shape index (κ3) is 5.81. The lowest BCUT2D eigenvalue weighted by Crippen LogP contribution is -2.45. The number of likely N-dealkylation sites (tertiary alicyclic amines) is 1. The number of para-hydroxylation sites is 2. The summed E-state index contributed by atoms with van der Waals surface area (Å²) in [7, 11) is 3.46. The van der Waals surface area contributed by atoms with Crippen molar-refractivity contribution in [1.29, 1.82) is 0 Å². The first kappa shape index (κ1) is 28.7. The molecule has 2 bridgehead atoms. The van der Waals surface area contributed by atoms with Crippen LogP contribution in [-0.2, 0) is 24.9 Å². The van der Waals surface area contributed by atoms with Crippen LogP contribution in [-0.4, -0.2) is 86.9 Å². The maximum absolute atomic E-state index is 13.6. The van der Waals surface area contributed by atoms with E-state index < -0.39 is 0 Å². The van der Waals surface area contributed by atoms with Crippen LogP contribution in [0.25, 0.3) is 11.0 Å². The van der Waals surface area contributed by atoms with Crippen LogP contribution in [0.5, 0.6) is 11.5 Å². The minimum Gasteiger partial charge on any atom is -0.493 e. The van der Waals surface area contributed by atoms with Crippen molar-refractivity contribution in [1.82, 2.24) is 34.4 Å². The standard InChI is InChI=1S/C32H39N7O4/c1-5-39-27-10-7-6-9-24(27)33-30(39)19-37-13-8-14-43-29-16-22(11-12-28(29)42-4)23-17-38(18-26(23)34-31(40)20-37)32(41)25-15-21(2)36(3)35-25/h6-7,9-12,15-16,23,26H,5,8,13-14,17-20H2,1-4H3,(H,34,40)/t23-,26+/m1/s1. The number of fused-ring (bicyclic) bond motifs is 5. The van der Waals surface area contributed by atoms with Crippen molar-refractivity contribution >= 4 is 22.8 Å². The van der Waals surface area contributed by atoms with Crippen LogP contribution in [0.2, 0.25) is 0 Å². The number of hydrogen-bond acceptors (Lipinski definition) is 7. The summed E-state index contributed by atoms with van der Waals surface area (Å²) >= 11 is 0. The molecule has 2 atom stereocenters. The van der Waals surface area contributed by atoms with Gasteiger partial charge in [0.15, 0.2) is 17.2 Å². The summed E-state index contributed by atoms with van der Waals surface area (Å²) in [5.41, 5.74) is 4.34. The Morgan fingerprint density at radius 3 is 2.77 bits per heavy atom. The second-order valence-corrected chi connectivity index (χ2v) is 11.4. The van der Waals surface area contributed by atoms with Crippen molar-refractivity contribution in [2.24, 2.45) is 7.05 Å². The van der Waals surface area contributed by atoms with Crippen LogP contribution in [0.4, 0.5) is 0 Å². The zero-order chi connectivity index (χ0) is 30.1. The topological polar surface area (TPSA) is 107 Å². The van der Waals surface area contributed by atoms with Crippen molar-refractivity contribution in [3.05, 3.63) is 71.3 Å². The molecule has 1 N–H and O–H groups in total. The number of aromatic nitrogens is 4. The summed E-state index contributed by atoms with van der Waals surface area (Å²) in [5, 5.41) is 7.68. The molecular weight excluding hydrogens is 546 g/mol. The van der Waals surface area contributed by atoms with E-state index in [2.05, 4.69) is 32.9 Å². The Morgan fingerprint density at radius 2 is 2.00 bits per heavy atom. The molecule has 2 aromatic carbocycles. The molecule has 0 spiro atoms. The molecule has 2 aliphatic heterocycles. The van der Waals surface area contributed by atoms with Gasteiger partial charge >= 0.3 is 0 Å². The molecule has 11 nitrogen and oxygen atoms in total. The lowest BCUT2D eigenvalue weighted by atomic mass is 9.94. The molecule has 0 aliphatic carbocycles. The molecule has 4 aromatic rings. The Kier molecular flexibility index (Phi) is 8.07. The summed E-state index contributed by atoms with van der Waals surface area (Å²) in [6, 6.07) is 15.5. The van der Waals surface area contributed by atoms with Gasteiger partial charge in [0.25, 0.3) is 5.91 Å². The first-order valence-electron chi connectivity index (χ1n) is 14.9. The van der Waals surface area contributed by atoms with Crippen LogP contribution in [0.3, 0.4) is 0 Å². The first-order valence-corrected chi connectivity index (χ1v) is 14.9. The minimum atomic E-state index is -0.273. The van der Waals surface area contributed by atoms with E-state index in [-0.39, 0.29) is 30.3 Å². The summed E-state index contributed by atoms with van der Waals surface area (Å²) in [5.74, 6) is 1.90. The molecular formula is C32H39N7O4. The summed E-state index contributed by atoms with van der Waals surface area (Å²) in [6.07, 6.45) is 0.728. The second-order valence-electron chi connectivity index (χ2n) is 11.4. The average molecular weight is 586 g/mol. The molecule has 226 valence electrons. The highest BCUT2D eigenvalue weighted by Gasteiger charge is 2.38. The number of methoxy groups -OCH3 is 1. The number of amides is 2. The zero-order valence-corrected chi connectivity index (χ0v) is 25.2. The third-order valence-corrected chi connectivity index (χ3v) is 8.56. The number of rotatable bonds is 5. The molecule has 0 saturated carbocycles. The third-order valence-electron chi connectivity index (χ3n) is 8.56. The van der Waals surface area contributed by atoms with E-state index in [9.17, 15) is 9.59 Å². The summed E-state index contributed by atoms with van der Waals surface area (Å²) in [4.78, 5) is 35.9. The largest absolute Gasteiger partial charge is 0.493 e. The fourth-order valence-electron chi connectivity index (χ4n) is 6.26. The van der Waals surface area contributed by atoms with Crippen molar-refractivity contribution in [3.63, 3.8) is 0 Å². The van der Waals surface area contributed by atoms with Gasteiger partial charge in [0.05, 0.1) is 43.9 Å². The summed E-state index contributed by atoms with van der Waals surface area (Å²) in [6.45, 7) is 7.53. The van der Waals surface area contributed by atoms with E-state index in [4.69, 9.17) is 14.5 Å². The van der Waals surface area contributed by atoms with Crippen LogP contribution in [0.15, 0.2) is 48.5 Å². The molecule has 1 saturated heterocycles. The highest BCUT2D eigenvalue weighted by atomic mass is 16.5. The van der Waals surface area contributed by atoms with E-state index in [1.165, 1.54) is 0 Å². The van der Waals surface area contributed by atoms with Gasteiger partial charge in [-0.1, -0.05) is 18.2 Å². The number of nitrogens with zero attached hydrogens (tertiary/aromatic N) is 6. The predicted molar refractivity (Wildman–Crippen MR) is 162 cm³/mol. The van der Waals surface area contributed by atoms with Gasteiger partial charge in [0.2, 0.25) is 5.91 Å². The molecule has 2 aromatic heterocycles. The van der Waals surface area contributed by atoms with E-state index in [1.807, 2.05) is 50.4 Å². The summed E-state index contributed by atoms with van der Waals surface area (Å²) < 4.78 is 15.7. The van der Waals surface area contributed by atoms with Gasteiger partial charge in [-0.25, -0.2) is 4.98 Å². The first-order chi connectivity index (χ1) is 20.8. The lowest BCUT2D eigenvalue weighted by molar-refractivity contribution is -0.123. The monoisotopic (exact) mass is 585 g/mol. The molecule has 11 heteroatoms. The van der Waals surface area contributed by atoms with Crippen LogP contribution in [0, 0.1) is 6.92 Å². The zero-order valence-electron chi connectivity index (χ0n) is 25.2. The molecule has 4 heterocycles. The van der Waals surface area contributed by atoms with E-state index in [1.54, 1.807) is 22.8 Å². The van der Waals surface area contributed by atoms with Gasteiger partial charge in [-0.2, -0.15) is 5.10 Å². The second kappa shape index (κ2) is 12.1. The molecule has 2 aliphatic rings. The molecule has 43 heavy (non-hydrogen) atoms. The van der Waals surface area contributed by atoms with Gasteiger partial charge in [0.1, 0.15) is 5.82 Å². The van der Waals surface area contributed by atoms with Crippen molar-refractivity contribution in [3.8, 4) is 11.5 Å². The number of hydrogen-bond donors (Lipinski definition) is 1. The van der Waals surface area contributed by atoms with Gasteiger partial charge in [-0.15, -0.1) is 0 Å². The Labute approximate surface area is 251 Å². The molecule has 2 amide bonds. The predicted octanol–water partition coefficient (Wildman–Crippen LogP) is 3.12. The van der Waals surface area contributed by atoms with Gasteiger partial charge in [0, 0.05) is 44.8 Å². The van der Waals surface area contributed by atoms with E-state index >= 15 is 0 Å². The maximum Gasteiger partial charge on any atom is 0.274 e. The minimum absolute atomic E-state index is 0.0777. The SMILES string of the molecule is CCn1c(CN2CCCOc3cc(ccc3OC)[C@H]3CN(C(=O)c4cc(C)n(C)n4)C[C@@H]3NC(=O)C2)nc2ccccc21. The number of benzene rings is 2. The molecule has 1 fully saturated rings. The van der Waals surface area contributed by atoms with Crippen LogP contribution >= 0.6 is 0 Å². The number of aryl methyl sites for hydroxylation is 3. The highest BCUT2D eigenvalue weighted by molar-refractivity contribution is 5.93. The Hall–Kier alpha value is -4.38. The van der Waals surface area contributed by atoms with E-state index in [0.29, 0.717) is 50.0 Å². The van der Waals surface area contributed by atoms with Gasteiger partial charge in [-0.05, 0) is 56.2 Å². The molecule has 0 unspecified atom stereocenters. The lowest BCUT2D eigenvalue weighted by Gasteiger charge is -2.24. The molecule has 6 rings (SSSR count). The fraction of sp³-hybridized carbons (Fsp3) is 0.438. The van der Waals surface area contributed by atoms with Crippen LogP contribution in [0.1, 0.15) is 46.8 Å². The Bertz CT molecular complexity index is 1620. The van der Waals surface area contributed by atoms with Gasteiger partial charge in [-0.3, -0.25) is 19.2 Å². The Balaban J connectivity index is 1.28. The quantitative estimate of drug-likeness (QED) is 0.384. The molecule has 0 radical (unpaired) electrons. The van der Waals surface area contributed by atoms with E-state index in [0.717, 1.165) is 41.1 Å². The maximum atomic E-state index is 13.6. The number of carbonyl (C=O) groups is 2. The number of carbonyl (C=O) groups excluding carboxylic acids is 2. The van der Waals surface area contributed by atoms with Gasteiger partial charge < -0.3 is 24.3 Å². The Morgan fingerprint density at radius 1 is 1.16 bits per heavy atom. The normalized spacial score (nSPS) is 19.6. The number of nitrogens with one attached hydrogen (secondary N) is 1. The fourth-order valence-corrected chi connectivity index (χ4v) is 6.26. The smallest absolute Gasteiger partial charge is 0.274 e. The van der Waals surface area contributed by atoms with Crippen LogP contribution < -0.4 is 14.8 Å². The number of ether oxygens (including phenoxy) is 2. The van der Waals surface area contributed by atoms with Crippen molar-refractivity contribution < 1.29 is 19.1 Å².